The van der Waals surface area contributed by atoms with E-state index in [1.54, 1.807) is 0 Å². The number of aromatic nitrogens is 2. The summed E-state index contributed by atoms with van der Waals surface area (Å²) in [6, 6.07) is 46.6. The average Bonchev–Trinajstić information content (AvgIpc) is 3.71. The van der Waals surface area contributed by atoms with E-state index in [1.807, 2.05) is 58.2 Å². The van der Waals surface area contributed by atoms with Gasteiger partial charge < -0.3 is 0 Å². The number of fused-ring (bicyclic) bond motifs is 4. The van der Waals surface area contributed by atoms with Crippen LogP contribution in [0.15, 0.2) is 146 Å². The second-order valence-electron chi connectivity index (χ2n) is 13.2. The van der Waals surface area contributed by atoms with Gasteiger partial charge in [0.25, 0.3) is 0 Å². The predicted octanol–water partition coefficient (Wildman–Crippen LogP) is 14.8. The summed E-state index contributed by atoms with van der Waals surface area (Å²) in [6.07, 6.45) is 7.50. The lowest BCUT2D eigenvalue weighted by atomic mass is 9.88. The number of hydrogen-bond donors (Lipinski definition) is 0. The molecule has 0 amide bonds. The van der Waals surface area contributed by atoms with E-state index >= 15 is 0 Å². The van der Waals surface area contributed by atoms with E-state index in [2.05, 4.69) is 129 Å². The van der Waals surface area contributed by atoms with Gasteiger partial charge in [0, 0.05) is 5.56 Å². The summed E-state index contributed by atoms with van der Waals surface area (Å²) in [4.78, 5) is 9.93. The van der Waals surface area contributed by atoms with Crippen LogP contribution in [0.1, 0.15) is 59.1 Å². The average molecular weight is 685 g/mol. The van der Waals surface area contributed by atoms with Crippen molar-refractivity contribution in [3.05, 3.63) is 157 Å². The number of benzene rings is 7. The Labute approximate surface area is 313 Å². The van der Waals surface area contributed by atoms with Crippen LogP contribution < -0.4 is 0 Å². The summed E-state index contributed by atoms with van der Waals surface area (Å²) in [5.41, 5.74) is 19.1. The molecular weight excluding hydrogens is 641 g/mol. The summed E-state index contributed by atoms with van der Waals surface area (Å²) in [5.74, 6) is 0. The van der Waals surface area contributed by atoms with Gasteiger partial charge in [-0.1, -0.05) is 144 Å². The fourth-order valence-corrected chi connectivity index (χ4v) is 8.24. The van der Waals surface area contributed by atoms with Crippen molar-refractivity contribution in [2.45, 2.75) is 48.0 Å². The molecule has 2 heteroatoms. The Balaban J connectivity index is 0.000000969. The molecule has 0 bridgehead atoms. The fourth-order valence-electron chi connectivity index (χ4n) is 8.24. The number of para-hydroxylation sites is 2. The van der Waals surface area contributed by atoms with Crippen molar-refractivity contribution in [1.29, 1.82) is 0 Å². The maximum Gasteiger partial charge on any atom is 0.0894 e. The van der Waals surface area contributed by atoms with Gasteiger partial charge in [0.05, 0.1) is 22.9 Å². The molecule has 258 valence electrons. The minimum atomic E-state index is 0.871. The molecule has 0 radical (unpaired) electrons. The van der Waals surface area contributed by atoms with Gasteiger partial charge in [-0.3, -0.25) is 4.98 Å². The molecule has 2 aliphatic carbocycles. The summed E-state index contributed by atoms with van der Waals surface area (Å²) in [7, 11) is 0. The molecule has 0 atom stereocenters. The lowest BCUT2D eigenvalue weighted by Gasteiger charge is -2.16. The normalized spacial score (nSPS) is 12.3. The van der Waals surface area contributed by atoms with E-state index in [9.17, 15) is 0 Å². The summed E-state index contributed by atoms with van der Waals surface area (Å²) >= 11 is 0. The van der Waals surface area contributed by atoms with Crippen molar-refractivity contribution in [3.8, 4) is 55.8 Å². The second-order valence-corrected chi connectivity index (χ2v) is 13.2. The maximum atomic E-state index is 5.11. The zero-order valence-electron chi connectivity index (χ0n) is 31.5. The van der Waals surface area contributed by atoms with Crippen LogP contribution in [0.3, 0.4) is 0 Å². The van der Waals surface area contributed by atoms with Gasteiger partial charge in [0.2, 0.25) is 0 Å². The molecule has 53 heavy (non-hydrogen) atoms. The van der Waals surface area contributed by atoms with Gasteiger partial charge in [-0.05, 0) is 132 Å². The Morgan fingerprint density at radius 2 is 1.00 bits per heavy atom. The van der Waals surface area contributed by atoms with Crippen LogP contribution in [0, 0.1) is 0 Å². The minimum Gasteiger partial charge on any atom is -0.252 e. The number of hydrogen-bond acceptors (Lipinski definition) is 2. The predicted molar refractivity (Wildman–Crippen MR) is 230 cm³/mol. The molecule has 7 aromatic carbocycles. The summed E-state index contributed by atoms with van der Waals surface area (Å²) in [6.45, 7) is 12.5. The van der Waals surface area contributed by atoms with Crippen molar-refractivity contribution >= 4 is 43.7 Å². The van der Waals surface area contributed by atoms with Gasteiger partial charge in [0.1, 0.15) is 0 Å². The maximum absolute atomic E-state index is 5.11. The first-order valence-corrected chi connectivity index (χ1v) is 19.2. The molecule has 8 aromatic rings. The van der Waals surface area contributed by atoms with Crippen molar-refractivity contribution in [3.63, 3.8) is 0 Å². The monoisotopic (exact) mass is 684 g/mol. The summed E-state index contributed by atoms with van der Waals surface area (Å²) < 4.78 is 0. The quantitative estimate of drug-likeness (QED) is 0.180. The molecule has 0 N–H and O–H groups in total. The summed E-state index contributed by atoms with van der Waals surface area (Å²) in [5, 5.41) is 5.22. The molecule has 1 heterocycles. The highest BCUT2D eigenvalue weighted by Crippen LogP contribution is 2.50. The van der Waals surface area contributed by atoms with Crippen molar-refractivity contribution < 1.29 is 0 Å². The van der Waals surface area contributed by atoms with Crippen LogP contribution in [-0.2, 0) is 0 Å². The molecule has 0 saturated heterocycles. The molecule has 10 rings (SSSR count). The first-order chi connectivity index (χ1) is 26.2. The Bertz CT molecular complexity index is 2730. The lowest BCUT2D eigenvalue weighted by Crippen LogP contribution is -1.92. The first-order valence-electron chi connectivity index (χ1n) is 19.2. The van der Waals surface area contributed by atoms with E-state index < -0.39 is 0 Å². The molecule has 2 aliphatic rings. The molecule has 1 aromatic heterocycles. The highest BCUT2D eigenvalue weighted by atomic mass is 14.8. The molecular formula is C51H44N2. The first kappa shape index (κ1) is 34.0. The van der Waals surface area contributed by atoms with Gasteiger partial charge in [-0.15, -0.1) is 0 Å². The largest absolute Gasteiger partial charge is 0.252 e. The molecule has 0 unspecified atom stereocenters. The Hall–Kier alpha value is -6.12. The molecule has 0 aliphatic heterocycles. The van der Waals surface area contributed by atoms with Crippen molar-refractivity contribution in [2.75, 3.05) is 0 Å². The second kappa shape index (κ2) is 14.1. The molecule has 0 fully saturated rings. The van der Waals surface area contributed by atoms with Crippen LogP contribution in [0.2, 0.25) is 0 Å². The molecule has 0 saturated carbocycles. The van der Waals surface area contributed by atoms with Gasteiger partial charge in [-0.2, -0.15) is 0 Å². The standard InChI is InChI=1S/C47H32N2.2C2H6/c1-3-4-11-32-28(2)33-14-9-15-38-34(20-22-41(32)46(33)38)29-24-30(26-31(25-29)45-27-48-43-18-7-8-19-44(43)49-45)35-21-23-42-37-13-6-5-12-36(37)40-17-10-16-39(35)47(40)42;2*1-2/h4-27H,3H2,1-2H3;2*1-2H3/b11-4-;;. The van der Waals surface area contributed by atoms with E-state index in [4.69, 9.17) is 9.97 Å². The van der Waals surface area contributed by atoms with E-state index in [-0.39, 0.29) is 0 Å². The van der Waals surface area contributed by atoms with Gasteiger partial charge in [0.15, 0.2) is 0 Å². The molecule has 2 nitrogen and oxygen atoms in total. The highest BCUT2D eigenvalue weighted by Gasteiger charge is 2.24. The third-order valence-corrected chi connectivity index (χ3v) is 10.5. The third-order valence-electron chi connectivity index (χ3n) is 10.5. The Morgan fingerprint density at radius 1 is 0.491 bits per heavy atom. The van der Waals surface area contributed by atoms with E-state index in [1.165, 1.54) is 88.3 Å². The Kier molecular flexibility index (Phi) is 9.06. The number of nitrogens with zero attached hydrogens (tertiary/aromatic N) is 2. The van der Waals surface area contributed by atoms with E-state index in [0.717, 1.165) is 28.7 Å². The number of allylic oxidation sites excluding steroid dienone is 4. The van der Waals surface area contributed by atoms with Crippen LogP contribution in [0.4, 0.5) is 0 Å². The van der Waals surface area contributed by atoms with Crippen molar-refractivity contribution in [2.24, 2.45) is 0 Å². The van der Waals surface area contributed by atoms with Crippen LogP contribution >= 0.6 is 0 Å². The van der Waals surface area contributed by atoms with E-state index in [0.29, 0.717) is 0 Å². The zero-order valence-corrected chi connectivity index (χ0v) is 31.5. The molecule has 0 spiro atoms. The van der Waals surface area contributed by atoms with Crippen LogP contribution in [0.5, 0.6) is 0 Å². The lowest BCUT2D eigenvalue weighted by molar-refractivity contribution is 1.23. The van der Waals surface area contributed by atoms with Crippen molar-refractivity contribution in [1.82, 2.24) is 9.97 Å². The smallest absolute Gasteiger partial charge is 0.0894 e. The number of rotatable bonds is 5. The third kappa shape index (κ3) is 5.49. The van der Waals surface area contributed by atoms with Crippen LogP contribution in [-0.4, -0.2) is 9.97 Å². The fraction of sp³-hybridized carbons (Fsp3) is 0.137. The Morgan fingerprint density at radius 3 is 1.66 bits per heavy atom. The highest BCUT2D eigenvalue weighted by molar-refractivity contribution is 6.20. The van der Waals surface area contributed by atoms with Gasteiger partial charge >= 0.3 is 0 Å². The zero-order chi connectivity index (χ0) is 36.6. The topological polar surface area (TPSA) is 25.8 Å². The van der Waals surface area contributed by atoms with Gasteiger partial charge in [-0.25, -0.2) is 4.98 Å². The minimum absolute atomic E-state index is 0.871. The SMILES string of the molecule is CC.CC.CC/C=C\C1=C(C)c2cccc3c(-c4cc(-c5cnc6ccccc6n5)cc(-c5ccc6c7c(cccc57)-c5ccccc5-6)c4)ccc1c23. The van der Waals surface area contributed by atoms with Crippen LogP contribution in [0.25, 0.3) is 99.5 Å².